The molecule has 0 aliphatic carbocycles. The summed E-state index contributed by atoms with van der Waals surface area (Å²) in [6.07, 6.45) is -1.11. The van der Waals surface area contributed by atoms with Crippen molar-refractivity contribution in [1.29, 1.82) is 0 Å². The Bertz CT molecular complexity index is 495. The van der Waals surface area contributed by atoms with Crippen LogP contribution in [-0.4, -0.2) is 12.0 Å². The number of nitrogens with one attached hydrogen (secondary N) is 1. The van der Waals surface area contributed by atoms with Crippen LogP contribution in [-0.2, 0) is 4.79 Å². The number of benzene rings is 1. The first kappa shape index (κ1) is 16.2. The smallest absolute Gasteiger partial charge is 0.234 e. The average Bonchev–Trinajstić information content (AvgIpc) is 2.44. The van der Waals surface area contributed by atoms with Gasteiger partial charge in [-0.15, -0.1) is 0 Å². The highest BCUT2D eigenvalue weighted by Crippen LogP contribution is 2.30. The number of carbonyl (C=O) groups excluding carboxylic acids is 1. The predicted octanol–water partition coefficient (Wildman–Crippen LogP) is 1.92. The summed E-state index contributed by atoms with van der Waals surface area (Å²) in [7, 11) is 0. The Morgan fingerprint density at radius 2 is 1.55 bits per heavy atom. The van der Waals surface area contributed by atoms with Gasteiger partial charge in [0, 0.05) is 6.42 Å². The Morgan fingerprint density at radius 1 is 1.10 bits per heavy atom. The first-order chi connectivity index (χ1) is 9.29. The van der Waals surface area contributed by atoms with Gasteiger partial charge in [-0.1, -0.05) is 0 Å². The normalized spacial score (nSPS) is 12.2. The highest BCUT2D eigenvalue weighted by molar-refractivity contribution is 5.75. The fourth-order valence-corrected chi connectivity index (χ4v) is 1.35. The molecule has 0 aromatic heterocycles. The largest absolute Gasteiger partial charge is 0.484 e. The molecule has 1 unspecified atom stereocenters. The van der Waals surface area contributed by atoms with E-state index in [2.05, 4.69) is 4.74 Å². The molecule has 0 heterocycles. The van der Waals surface area contributed by atoms with Crippen LogP contribution in [0.3, 0.4) is 0 Å². The number of hydrogen-bond donors (Lipinski definition) is 2. The third-order valence-electron chi connectivity index (χ3n) is 2.43. The average molecular weight is 298 g/mol. The second-order valence-corrected chi connectivity index (χ2v) is 3.93. The maximum atomic E-state index is 13.3. The van der Waals surface area contributed by atoms with Gasteiger partial charge in [-0.2, -0.15) is 8.78 Å². The van der Waals surface area contributed by atoms with E-state index < -0.39 is 46.8 Å². The van der Waals surface area contributed by atoms with Gasteiger partial charge < -0.3 is 4.74 Å². The molecule has 0 aliphatic heterocycles. The van der Waals surface area contributed by atoms with Crippen LogP contribution in [0, 0.1) is 29.1 Å². The van der Waals surface area contributed by atoms with E-state index in [9.17, 15) is 26.7 Å². The van der Waals surface area contributed by atoms with Crippen LogP contribution in [0.15, 0.2) is 0 Å². The molecule has 1 amide bonds. The summed E-state index contributed by atoms with van der Waals surface area (Å²) in [6.45, 7) is 1.31. The van der Waals surface area contributed by atoms with Gasteiger partial charge in [-0.05, 0) is 13.3 Å². The number of nitrogens with two attached hydrogens (primary N) is 1. The number of amides is 1. The highest BCUT2D eigenvalue weighted by atomic mass is 19.2. The van der Waals surface area contributed by atoms with Crippen molar-refractivity contribution >= 4 is 5.91 Å². The molecule has 1 rings (SSSR count). The van der Waals surface area contributed by atoms with E-state index in [4.69, 9.17) is 5.84 Å². The molecule has 4 nitrogen and oxygen atoms in total. The molecule has 20 heavy (non-hydrogen) atoms. The third-order valence-corrected chi connectivity index (χ3v) is 2.43. The molecule has 0 radical (unpaired) electrons. The van der Waals surface area contributed by atoms with Gasteiger partial charge in [-0.3, -0.25) is 10.2 Å². The number of rotatable bonds is 5. The fourth-order valence-electron chi connectivity index (χ4n) is 1.35. The second kappa shape index (κ2) is 6.51. The summed E-state index contributed by atoms with van der Waals surface area (Å²) < 4.78 is 69.8. The van der Waals surface area contributed by atoms with Gasteiger partial charge in [0.25, 0.3) is 0 Å². The fraction of sp³-hybridized carbons (Fsp3) is 0.364. The molecule has 0 aliphatic rings. The Hall–Kier alpha value is -1.90. The molecule has 1 atom stereocenters. The van der Waals surface area contributed by atoms with Crippen molar-refractivity contribution in [1.82, 2.24) is 5.43 Å². The van der Waals surface area contributed by atoms with Crippen LogP contribution in [0.25, 0.3) is 0 Å². The lowest BCUT2D eigenvalue weighted by Gasteiger charge is -2.16. The van der Waals surface area contributed by atoms with Crippen LogP contribution in [0.2, 0.25) is 0 Å². The number of halogens is 5. The standard InChI is InChI=1S/C11H11F5N2O2/c1-4(2-3-5(19)18-17)20-11-9(15)7(13)6(12)8(14)10(11)16/h4H,2-3,17H2,1H3,(H,18,19). The number of hydrazine groups is 1. The van der Waals surface area contributed by atoms with E-state index in [0.717, 1.165) is 0 Å². The van der Waals surface area contributed by atoms with Crippen LogP contribution >= 0.6 is 0 Å². The van der Waals surface area contributed by atoms with Crippen molar-refractivity contribution in [3.8, 4) is 5.75 Å². The Morgan fingerprint density at radius 3 is 2.00 bits per heavy atom. The molecule has 0 bridgehead atoms. The van der Waals surface area contributed by atoms with Gasteiger partial charge in [0.15, 0.2) is 5.75 Å². The highest BCUT2D eigenvalue weighted by Gasteiger charge is 2.28. The molecule has 9 heteroatoms. The van der Waals surface area contributed by atoms with Gasteiger partial charge in [-0.25, -0.2) is 19.0 Å². The summed E-state index contributed by atoms with van der Waals surface area (Å²) in [5.41, 5.74) is 1.82. The molecule has 1 aromatic carbocycles. The second-order valence-electron chi connectivity index (χ2n) is 3.93. The third kappa shape index (κ3) is 3.35. The lowest BCUT2D eigenvalue weighted by Crippen LogP contribution is -2.31. The van der Waals surface area contributed by atoms with Gasteiger partial charge >= 0.3 is 0 Å². The van der Waals surface area contributed by atoms with Crippen molar-refractivity contribution in [3.63, 3.8) is 0 Å². The number of ether oxygens (including phenoxy) is 1. The van der Waals surface area contributed by atoms with Crippen molar-refractivity contribution in [2.45, 2.75) is 25.9 Å². The predicted molar refractivity (Wildman–Crippen MR) is 57.9 cm³/mol. The van der Waals surface area contributed by atoms with E-state index in [1.165, 1.54) is 6.92 Å². The molecule has 1 aromatic rings. The van der Waals surface area contributed by atoms with Crippen LogP contribution in [0.5, 0.6) is 5.75 Å². The van der Waals surface area contributed by atoms with Crippen molar-refractivity contribution in [2.24, 2.45) is 5.84 Å². The summed E-state index contributed by atoms with van der Waals surface area (Å²) in [5.74, 6) is -7.68. The zero-order valence-corrected chi connectivity index (χ0v) is 10.3. The lowest BCUT2D eigenvalue weighted by atomic mass is 10.2. The van der Waals surface area contributed by atoms with E-state index >= 15 is 0 Å². The van der Waals surface area contributed by atoms with E-state index in [1.54, 1.807) is 0 Å². The minimum Gasteiger partial charge on any atom is -0.484 e. The molecular weight excluding hydrogens is 287 g/mol. The van der Waals surface area contributed by atoms with E-state index in [0.29, 0.717) is 0 Å². The molecule has 0 spiro atoms. The van der Waals surface area contributed by atoms with Crippen LogP contribution < -0.4 is 16.0 Å². The minimum atomic E-state index is -2.26. The maximum absolute atomic E-state index is 13.3. The monoisotopic (exact) mass is 298 g/mol. The molecule has 0 saturated heterocycles. The minimum absolute atomic E-state index is 0.0253. The van der Waals surface area contributed by atoms with Crippen molar-refractivity contribution < 1.29 is 31.5 Å². The number of hydrogen-bond acceptors (Lipinski definition) is 3. The Labute approximate surface area is 110 Å². The van der Waals surface area contributed by atoms with Crippen molar-refractivity contribution in [3.05, 3.63) is 29.1 Å². The Balaban J connectivity index is 2.90. The van der Waals surface area contributed by atoms with Crippen molar-refractivity contribution in [2.75, 3.05) is 0 Å². The van der Waals surface area contributed by atoms with Gasteiger partial charge in [0.05, 0.1) is 6.10 Å². The molecule has 112 valence electrons. The van der Waals surface area contributed by atoms with Gasteiger partial charge in [0.2, 0.25) is 35.0 Å². The van der Waals surface area contributed by atoms with E-state index in [-0.39, 0.29) is 12.8 Å². The molecule has 0 saturated carbocycles. The van der Waals surface area contributed by atoms with Crippen LogP contribution in [0.1, 0.15) is 19.8 Å². The summed E-state index contributed by atoms with van der Waals surface area (Å²) in [6, 6.07) is 0. The molecule has 0 fully saturated rings. The van der Waals surface area contributed by atoms with Crippen LogP contribution in [0.4, 0.5) is 22.0 Å². The molecule has 3 N–H and O–H groups in total. The molecular formula is C11H11F5N2O2. The quantitative estimate of drug-likeness (QED) is 0.218. The first-order valence-corrected chi connectivity index (χ1v) is 5.47. The van der Waals surface area contributed by atoms with E-state index in [1.807, 2.05) is 5.43 Å². The lowest BCUT2D eigenvalue weighted by molar-refractivity contribution is -0.121. The maximum Gasteiger partial charge on any atom is 0.234 e. The number of carbonyl (C=O) groups is 1. The Kier molecular flexibility index (Phi) is 5.26. The zero-order chi connectivity index (χ0) is 15.4. The SMILES string of the molecule is CC(CCC(=O)NN)Oc1c(F)c(F)c(F)c(F)c1F. The van der Waals surface area contributed by atoms with Gasteiger partial charge in [0.1, 0.15) is 0 Å². The topological polar surface area (TPSA) is 64.4 Å². The summed E-state index contributed by atoms with van der Waals surface area (Å²) >= 11 is 0. The zero-order valence-electron chi connectivity index (χ0n) is 10.3. The first-order valence-electron chi connectivity index (χ1n) is 5.47. The summed E-state index contributed by atoms with van der Waals surface area (Å²) in [5, 5.41) is 0. The summed E-state index contributed by atoms with van der Waals surface area (Å²) in [4.78, 5) is 10.8.